The Morgan fingerprint density at radius 3 is 2.50 bits per heavy atom. The third kappa shape index (κ3) is 3.32. The number of aliphatic hydroxyl groups excluding tert-OH is 1. The van der Waals surface area contributed by atoms with Crippen LogP contribution in [-0.4, -0.2) is 30.9 Å². The van der Waals surface area contributed by atoms with E-state index in [1.165, 1.54) is 15.6 Å². The van der Waals surface area contributed by atoms with Gasteiger partial charge in [0.25, 0.3) is 0 Å². The summed E-state index contributed by atoms with van der Waals surface area (Å²) in [5, 5.41) is 9.08. The van der Waals surface area contributed by atoms with Gasteiger partial charge in [0.2, 0.25) is 10.0 Å². The summed E-state index contributed by atoms with van der Waals surface area (Å²) in [7, 11) is -3.41. The SMILES string of the molecule is CCCCN(CC)S(=O)(=O)c1cc(CO)sc1C. The van der Waals surface area contributed by atoms with Crippen molar-refractivity contribution in [2.45, 2.75) is 45.1 Å². The lowest BCUT2D eigenvalue weighted by atomic mass is 10.3. The van der Waals surface area contributed by atoms with Gasteiger partial charge in [0.15, 0.2) is 0 Å². The molecule has 0 aliphatic heterocycles. The molecule has 1 rings (SSSR count). The molecular weight excluding hydrogens is 270 g/mol. The molecule has 18 heavy (non-hydrogen) atoms. The van der Waals surface area contributed by atoms with Crippen LogP contribution in [-0.2, 0) is 16.6 Å². The highest BCUT2D eigenvalue weighted by Crippen LogP contribution is 2.28. The Balaban J connectivity index is 3.06. The highest BCUT2D eigenvalue weighted by molar-refractivity contribution is 7.89. The van der Waals surface area contributed by atoms with Crippen molar-refractivity contribution in [2.75, 3.05) is 13.1 Å². The van der Waals surface area contributed by atoms with E-state index in [-0.39, 0.29) is 6.61 Å². The molecule has 0 spiro atoms. The standard InChI is InChI=1S/C12H21NO3S2/c1-4-6-7-13(5-2)18(15,16)12-8-11(9-14)17-10(12)3/h8,14H,4-7,9H2,1-3H3. The Kier molecular flexibility index (Phi) is 5.78. The number of rotatable bonds is 7. The van der Waals surface area contributed by atoms with Crippen LogP contribution in [0, 0.1) is 6.92 Å². The van der Waals surface area contributed by atoms with E-state index in [0.717, 1.165) is 17.7 Å². The van der Waals surface area contributed by atoms with Crippen molar-refractivity contribution in [3.8, 4) is 0 Å². The first-order chi connectivity index (χ1) is 8.47. The maximum absolute atomic E-state index is 12.5. The van der Waals surface area contributed by atoms with Gasteiger partial charge < -0.3 is 5.11 Å². The molecule has 0 unspecified atom stereocenters. The van der Waals surface area contributed by atoms with E-state index in [9.17, 15) is 8.42 Å². The van der Waals surface area contributed by atoms with Gasteiger partial charge in [0.05, 0.1) is 11.5 Å². The van der Waals surface area contributed by atoms with Crippen LogP contribution in [0.2, 0.25) is 0 Å². The zero-order chi connectivity index (χ0) is 13.8. The maximum atomic E-state index is 12.5. The van der Waals surface area contributed by atoms with E-state index >= 15 is 0 Å². The molecule has 6 heteroatoms. The Morgan fingerprint density at radius 1 is 1.39 bits per heavy atom. The highest BCUT2D eigenvalue weighted by Gasteiger charge is 2.26. The number of thiophene rings is 1. The second-order valence-electron chi connectivity index (χ2n) is 4.14. The van der Waals surface area contributed by atoms with Gasteiger partial charge in [-0.1, -0.05) is 20.3 Å². The lowest BCUT2D eigenvalue weighted by molar-refractivity contribution is 0.285. The van der Waals surface area contributed by atoms with Crippen molar-refractivity contribution in [1.82, 2.24) is 4.31 Å². The minimum Gasteiger partial charge on any atom is -0.391 e. The predicted molar refractivity (Wildman–Crippen MR) is 74.3 cm³/mol. The summed E-state index contributed by atoms with van der Waals surface area (Å²) in [5.74, 6) is 0. The number of unbranched alkanes of at least 4 members (excludes halogenated alkanes) is 1. The average Bonchev–Trinajstić information content (AvgIpc) is 2.72. The molecule has 1 aromatic heterocycles. The quantitative estimate of drug-likeness (QED) is 0.839. The maximum Gasteiger partial charge on any atom is 0.244 e. The third-order valence-electron chi connectivity index (χ3n) is 2.81. The summed E-state index contributed by atoms with van der Waals surface area (Å²) >= 11 is 1.34. The molecule has 0 atom stereocenters. The first-order valence-electron chi connectivity index (χ1n) is 6.17. The van der Waals surface area contributed by atoms with Crippen molar-refractivity contribution in [1.29, 1.82) is 0 Å². The molecule has 1 aromatic rings. The number of hydrogen-bond donors (Lipinski definition) is 1. The fraction of sp³-hybridized carbons (Fsp3) is 0.667. The lowest BCUT2D eigenvalue weighted by Gasteiger charge is -2.19. The van der Waals surface area contributed by atoms with Crippen LogP contribution in [0.1, 0.15) is 36.4 Å². The van der Waals surface area contributed by atoms with Gasteiger partial charge in [-0.15, -0.1) is 11.3 Å². The molecule has 0 saturated carbocycles. The molecule has 0 aliphatic rings. The minimum absolute atomic E-state index is 0.109. The molecule has 1 N–H and O–H groups in total. The zero-order valence-corrected chi connectivity index (χ0v) is 12.8. The Labute approximate surface area is 113 Å². The van der Waals surface area contributed by atoms with E-state index in [2.05, 4.69) is 0 Å². The molecule has 104 valence electrons. The molecule has 0 amide bonds. The molecule has 4 nitrogen and oxygen atoms in total. The monoisotopic (exact) mass is 291 g/mol. The summed E-state index contributed by atoms with van der Waals surface area (Å²) in [6.45, 7) is 6.60. The van der Waals surface area contributed by atoms with Gasteiger partial charge in [-0.2, -0.15) is 4.31 Å². The molecule has 1 heterocycles. The first kappa shape index (κ1) is 15.6. The number of hydrogen-bond acceptors (Lipinski definition) is 4. The van der Waals surface area contributed by atoms with E-state index in [1.807, 2.05) is 13.8 Å². The van der Waals surface area contributed by atoms with E-state index in [4.69, 9.17) is 5.11 Å². The summed E-state index contributed by atoms with van der Waals surface area (Å²) in [6, 6.07) is 1.59. The highest BCUT2D eigenvalue weighted by atomic mass is 32.2. The van der Waals surface area contributed by atoms with Crippen LogP contribution in [0.3, 0.4) is 0 Å². The van der Waals surface area contributed by atoms with Crippen LogP contribution in [0.25, 0.3) is 0 Å². The van der Waals surface area contributed by atoms with Crippen LogP contribution in [0.4, 0.5) is 0 Å². The molecular formula is C12H21NO3S2. The summed E-state index contributed by atoms with van der Waals surface area (Å²) in [5.41, 5.74) is 0. The van der Waals surface area contributed by atoms with Crippen LogP contribution >= 0.6 is 11.3 Å². The van der Waals surface area contributed by atoms with Gasteiger partial charge in [0.1, 0.15) is 0 Å². The van der Waals surface area contributed by atoms with Crippen molar-refractivity contribution in [2.24, 2.45) is 0 Å². The molecule has 0 saturated heterocycles. The largest absolute Gasteiger partial charge is 0.391 e. The molecule has 0 aromatic carbocycles. The Bertz CT molecular complexity index is 480. The van der Waals surface area contributed by atoms with Gasteiger partial charge >= 0.3 is 0 Å². The second kappa shape index (κ2) is 6.65. The van der Waals surface area contributed by atoms with Crippen molar-refractivity contribution < 1.29 is 13.5 Å². The summed E-state index contributed by atoms with van der Waals surface area (Å²) < 4.78 is 26.4. The summed E-state index contributed by atoms with van der Waals surface area (Å²) in [4.78, 5) is 1.78. The van der Waals surface area contributed by atoms with Crippen molar-refractivity contribution >= 4 is 21.4 Å². The fourth-order valence-electron chi connectivity index (χ4n) is 1.78. The number of aliphatic hydroxyl groups is 1. The third-order valence-corrected chi connectivity index (χ3v) is 6.08. The van der Waals surface area contributed by atoms with Crippen molar-refractivity contribution in [3.05, 3.63) is 15.8 Å². The van der Waals surface area contributed by atoms with Gasteiger partial charge in [-0.25, -0.2) is 8.42 Å². The van der Waals surface area contributed by atoms with Crippen LogP contribution in [0.5, 0.6) is 0 Å². The fourth-order valence-corrected chi connectivity index (χ4v) is 4.73. The number of nitrogens with zero attached hydrogens (tertiary/aromatic N) is 1. The van der Waals surface area contributed by atoms with Crippen LogP contribution < -0.4 is 0 Å². The Hall–Kier alpha value is -0.430. The first-order valence-corrected chi connectivity index (χ1v) is 8.43. The topological polar surface area (TPSA) is 57.6 Å². The van der Waals surface area contributed by atoms with Crippen molar-refractivity contribution in [3.63, 3.8) is 0 Å². The van der Waals surface area contributed by atoms with E-state index < -0.39 is 10.0 Å². The second-order valence-corrected chi connectivity index (χ2v) is 7.39. The van der Waals surface area contributed by atoms with Gasteiger partial charge in [-0.05, 0) is 19.4 Å². The van der Waals surface area contributed by atoms with Gasteiger partial charge in [-0.3, -0.25) is 0 Å². The van der Waals surface area contributed by atoms with Gasteiger partial charge in [0, 0.05) is 22.8 Å². The molecule has 0 fully saturated rings. The average molecular weight is 291 g/mol. The normalized spacial score (nSPS) is 12.3. The van der Waals surface area contributed by atoms with E-state index in [1.54, 1.807) is 13.0 Å². The number of sulfonamides is 1. The summed E-state index contributed by atoms with van der Waals surface area (Å²) in [6.07, 6.45) is 1.83. The molecule has 0 bridgehead atoms. The van der Waals surface area contributed by atoms with Crippen LogP contribution in [0.15, 0.2) is 11.0 Å². The molecule has 0 aliphatic carbocycles. The molecule has 0 radical (unpaired) electrons. The minimum atomic E-state index is -3.41. The van der Waals surface area contributed by atoms with E-state index in [0.29, 0.717) is 22.9 Å². The number of aryl methyl sites for hydroxylation is 1. The lowest BCUT2D eigenvalue weighted by Crippen LogP contribution is -2.31. The Morgan fingerprint density at radius 2 is 2.06 bits per heavy atom. The zero-order valence-electron chi connectivity index (χ0n) is 11.1. The smallest absolute Gasteiger partial charge is 0.244 e. The predicted octanol–water partition coefficient (Wildman–Crippen LogP) is 2.36.